The van der Waals surface area contributed by atoms with Crippen LogP contribution in [-0.2, 0) is 6.54 Å². The number of thiophene rings is 1. The van der Waals surface area contributed by atoms with Crippen molar-refractivity contribution >= 4 is 49.5 Å². The Morgan fingerprint density at radius 1 is 1.35 bits per heavy atom. The highest BCUT2D eigenvalue weighted by Crippen LogP contribution is 2.33. The van der Waals surface area contributed by atoms with Gasteiger partial charge in [0.25, 0.3) is 0 Å². The van der Waals surface area contributed by atoms with Gasteiger partial charge in [-0.2, -0.15) is 11.3 Å². The van der Waals surface area contributed by atoms with Gasteiger partial charge in [0.05, 0.1) is 23.1 Å². The molecule has 0 amide bonds. The van der Waals surface area contributed by atoms with Gasteiger partial charge in [-0.3, -0.25) is 4.98 Å². The minimum atomic E-state index is 0.702. The number of nitrogens with two attached hydrogens (primary N) is 1. The number of nitrogens with zero attached hydrogens (tertiary/aromatic N) is 2. The van der Waals surface area contributed by atoms with E-state index in [1.165, 1.54) is 5.56 Å². The van der Waals surface area contributed by atoms with Gasteiger partial charge in [0.1, 0.15) is 0 Å². The summed E-state index contributed by atoms with van der Waals surface area (Å²) in [7, 11) is 2.06. The lowest BCUT2D eigenvalue weighted by atomic mass is 10.1. The highest BCUT2D eigenvalue weighted by molar-refractivity contribution is 9.10. The summed E-state index contributed by atoms with van der Waals surface area (Å²) in [6.45, 7) is 0.833. The van der Waals surface area contributed by atoms with E-state index in [1.54, 1.807) is 17.5 Å². The third-order valence-corrected chi connectivity index (χ3v) is 4.44. The SMILES string of the molecule is CN(Cc1ccsc1)c1c(N)cnc2ccc(Br)cc12. The molecule has 2 aromatic heterocycles. The fourth-order valence-corrected chi connectivity index (χ4v) is 3.35. The minimum absolute atomic E-state index is 0.702. The molecule has 102 valence electrons. The monoisotopic (exact) mass is 347 g/mol. The van der Waals surface area contributed by atoms with Crippen LogP contribution in [0.5, 0.6) is 0 Å². The standard InChI is InChI=1S/C15H14BrN3S/c1-19(8-10-4-5-20-9-10)15-12-6-11(16)2-3-14(12)18-7-13(15)17/h2-7,9H,8,17H2,1H3. The van der Waals surface area contributed by atoms with Crippen LogP contribution in [0.25, 0.3) is 10.9 Å². The number of nitrogen functional groups attached to an aromatic ring is 1. The van der Waals surface area contributed by atoms with E-state index < -0.39 is 0 Å². The van der Waals surface area contributed by atoms with Crippen molar-refractivity contribution in [2.75, 3.05) is 17.7 Å². The van der Waals surface area contributed by atoms with Gasteiger partial charge in [0.15, 0.2) is 0 Å². The Bertz CT molecular complexity index is 735. The van der Waals surface area contributed by atoms with Crippen LogP contribution in [0.4, 0.5) is 11.4 Å². The predicted octanol–water partition coefficient (Wildman–Crippen LogP) is 4.28. The van der Waals surface area contributed by atoms with Crippen molar-refractivity contribution in [3.63, 3.8) is 0 Å². The fourth-order valence-electron chi connectivity index (χ4n) is 2.33. The number of rotatable bonds is 3. The molecule has 3 nitrogen and oxygen atoms in total. The molecule has 3 aromatic rings. The molecule has 0 aliphatic rings. The first-order chi connectivity index (χ1) is 9.65. The lowest BCUT2D eigenvalue weighted by molar-refractivity contribution is 0.933. The number of pyridine rings is 1. The summed E-state index contributed by atoms with van der Waals surface area (Å²) < 4.78 is 1.03. The molecular formula is C15H14BrN3S. The van der Waals surface area contributed by atoms with Crippen molar-refractivity contribution in [3.05, 3.63) is 51.3 Å². The molecule has 3 rings (SSSR count). The summed E-state index contributed by atoms with van der Waals surface area (Å²) >= 11 is 5.22. The van der Waals surface area contributed by atoms with Gasteiger partial charge in [0.2, 0.25) is 0 Å². The summed E-state index contributed by atoms with van der Waals surface area (Å²) in [6, 6.07) is 8.20. The highest BCUT2D eigenvalue weighted by Gasteiger charge is 2.12. The second kappa shape index (κ2) is 5.42. The zero-order valence-electron chi connectivity index (χ0n) is 11.0. The average molecular weight is 348 g/mol. The van der Waals surface area contributed by atoms with Crippen LogP contribution in [0, 0.1) is 0 Å². The number of aromatic nitrogens is 1. The summed E-state index contributed by atoms with van der Waals surface area (Å²) in [5.41, 5.74) is 10.1. The molecule has 5 heteroatoms. The van der Waals surface area contributed by atoms with E-state index in [0.717, 1.165) is 27.6 Å². The van der Waals surface area contributed by atoms with Gasteiger partial charge in [0, 0.05) is 23.5 Å². The Morgan fingerprint density at radius 2 is 2.20 bits per heavy atom. The maximum Gasteiger partial charge on any atom is 0.0745 e. The lowest BCUT2D eigenvalue weighted by Crippen LogP contribution is -2.18. The molecule has 0 fully saturated rings. The molecular weight excluding hydrogens is 334 g/mol. The van der Waals surface area contributed by atoms with Gasteiger partial charge in [-0.05, 0) is 40.6 Å². The second-order valence-corrected chi connectivity index (χ2v) is 6.41. The molecule has 20 heavy (non-hydrogen) atoms. The van der Waals surface area contributed by atoms with E-state index in [9.17, 15) is 0 Å². The van der Waals surface area contributed by atoms with Crippen molar-refractivity contribution in [1.29, 1.82) is 0 Å². The topological polar surface area (TPSA) is 42.1 Å². The van der Waals surface area contributed by atoms with Crippen LogP contribution in [-0.4, -0.2) is 12.0 Å². The largest absolute Gasteiger partial charge is 0.396 e. The molecule has 2 N–H and O–H groups in total. The summed E-state index contributed by atoms with van der Waals surface area (Å²) in [5, 5.41) is 5.32. The average Bonchev–Trinajstić information content (AvgIpc) is 2.91. The molecule has 0 unspecified atom stereocenters. The van der Waals surface area contributed by atoms with Gasteiger partial charge < -0.3 is 10.6 Å². The minimum Gasteiger partial charge on any atom is -0.396 e. The highest BCUT2D eigenvalue weighted by atomic mass is 79.9. The first kappa shape index (κ1) is 13.4. The number of hydrogen-bond acceptors (Lipinski definition) is 4. The van der Waals surface area contributed by atoms with Crippen LogP contribution < -0.4 is 10.6 Å². The van der Waals surface area contributed by atoms with E-state index in [2.05, 4.69) is 55.8 Å². The molecule has 0 saturated carbocycles. The Hall–Kier alpha value is -1.59. The van der Waals surface area contributed by atoms with Crippen molar-refractivity contribution in [2.24, 2.45) is 0 Å². The van der Waals surface area contributed by atoms with Crippen LogP contribution in [0.2, 0.25) is 0 Å². The normalized spacial score (nSPS) is 10.9. The molecule has 1 aromatic carbocycles. The molecule has 0 aliphatic carbocycles. The maximum absolute atomic E-state index is 6.15. The number of anilines is 2. The van der Waals surface area contributed by atoms with Crippen molar-refractivity contribution in [1.82, 2.24) is 4.98 Å². The number of halogens is 1. The molecule has 0 saturated heterocycles. The van der Waals surface area contributed by atoms with E-state index in [0.29, 0.717) is 5.69 Å². The quantitative estimate of drug-likeness (QED) is 0.768. The van der Waals surface area contributed by atoms with E-state index in [-0.39, 0.29) is 0 Å². The number of fused-ring (bicyclic) bond motifs is 1. The van der Waals surface area contributed by atoms with E-state index in [1.807, 2.05) is 12.1 Å². The van der Waals surface area contributed by atoms with Crippen LogP contribution in [0.3, 0.4) is 0 Å². The zero-order chi connectivity index (χ0) is 14.1. The number of hydrogen-bond donors (Lipinski definition) is 1. The maximum atomic E-state index is 6.15. The lowest BCUT2D eigenvalue weighted by Gasteiger charge is -2.22. The second-order valence-electron chi connectivity index (χ2n) is 4.71. The van der Waals surface area contributed by atoms with Gasteiger partial charge >= 0.3 is 0 Å². The molecule has 0 radical (unpaired) electrons. The van der Waals surface area contributed by atoms with Gasteiger partial charge in [-0.25, -0.2) is 0 Å². The number of benzene rings is 1. The first-order valence-electron chi connectivity index (χ1n) is 6.21. The fraction of sp³-hybridized carbons (Fsp3) is 0.133. The van der Waals surface area contributed by atoms with Gasteiger partial charge in [-0.1, -0.05) is 15.9 Å². The third kappa shape index (κ3) is 2.51. The van der Waals surface area contributed by atoms with Crippen LogP contribution >= 0.6 is 27.3 Å². The molecule has 0 spiro atoms. The molecule has 0 bridgehead atoms. The Labute approximate surface area is 130 Å². The van der Waals surface area contributed by atoms with Gasteiger partial charge in [-0.15, -0.1) is 0 Å². The van der Waals surface area contributed by atoms with Crippen molar-refractivity contribution in [3.8, 4) is 0 Å². The van der Waals surface area contributed by atoms with Crippen molar-refractivity contribution < 1.29 is 0 Å². The third-order valence-electron chi connectivity index (χ3n) is 3.21. The van der Waals surface area contributed by atoms with Crippen LogP contribution in [0.15, 0.2) is 45.7 Å². The summed E-state index contributed by atoms with van der Waals surface area (Å²) in [6.07, 6.45) is 1.73. The predicted molar refractivity (Wildman–Crippen MR) is 90.3 cm³/mol. The van der Waals surface area contributed by atoms with Crippen LogP contribution in [0.1, 0.15) is 5.56 Å². The van der Waals surface area contributed by atoms with E-state index in [4.69, 9.17) is 5.73 Å². The summed E-state index contributed by atoms with van der Waals surface area (Å²) in [5.74, 6) is 0. The van der Waals surface area contributed by atoms with E-state index >= 15 is 0 Å². The molecule has 0 atom stereocenters. The smallest absolute Gasteiger partial charge is 0.0745 e. The first-order valence-corrected chi connectivity index (χ1v) is 7.94. The molecule has 0 aliphatic heterocycles. The Balaban J connectivity index is 2.09. The zero-order valence-corrected chi connectivity index (χ0v) is 13.4. The van der Waals surface area contributed by atoms with Crippen molar-refractivity contribution in [2.45, 2.75) is 6.54 Å². The summed E-state index contributed by atoms with van der Waals surface area (Å²) in [4.78, 5) is 6.57. The Kier molecular flexibility index (Phi) is 3.63. The Morgan fingerprint density at radius 3 is 2.95 bits per heavy atom. The molecule has 2 heterocycles.